The highest BCUT2D eigenvalue weighted by atomic mass is 19.4. The summed E-state index contributed by atoms with van der Waals surface area (Å²) in [5.74, 6) is -1.49. The Morgan fingerprint density at radius 2 is 1.91 bits per heavy atom. The van der Waals surface area contributed by atoms with E-state index >= 15 is 0 Å². The van der Waals surface area contributed by atoms with Gasteiger partial charge < -0.3 is 9.84 Å². The van der Waals surface area contributed by atoms with Gasteiger partial charge in [0.25, 0.3) is 0 Å². The van der Waals surface area contributed by atoms with Gasteiger partial charge in [0.1, 0.15) is 6.33 Å². The van der Waals surface area contributed by atoms with Gasteiger partial charge in [0, 0.05) is 12.8 Å². The van der Waals surface area contributed by atoms with Crippen molar-refractivity contribution >= 4 is 11.6 Å². The highest BCUT2D eigenvalue weighted by Gasteiger charge is 2.38. The molecule has 23 heavy (non-hydrogen) atoms. The summed E-state index contributed by atoms with van der Waals surface area (Å²) in [5.41, 5.74) is 0.518. The summed E-state index contributed by atoms with van der Waals surface area (Å²) < 4.78 is 40.9. The quantitative estimate of drug-likeness (QED) is 0.785. The smallest absolute Gasteiger partial charge is 0.329 e. The van der Waals surface area contributed by atoms with Crippen molar-refractivity contribution in [1.82, 2.24) is 20.1 Å². The molecule has 10 heteroatoms. The zero-order chi connectivity index (χ0) is 16.7. The van der Waals surface area contributed by atoms with Crippen molar-refractivity contribution in [3.05, 3.63) is 30.4 Å². The number of aryl methyl sites for hydroxylation is 1. The number of nitrogens with zero attached hydrogens (tertiary/aromatic N) is 4. The number of hydrogen-bond donors (Lipinski definition) is 1. The zero-order valence-corrected chi connectivity index (χ0v) is 12.0. The van der Waals surface area contributed by atoms with Crippen molar-refractivity contribution in [1.29, 1.82) is 0 Å². The second-order valence-electron chi connectivity index (χ2n) is 4.75. The minimum absolute atomic E-state index is 0.0169. The third-order valence-corrected chi connectivity index (χ3v) is 2.86. The molecule has 2 aromatic rings. The predicted octanol–water partition coefficient (Wildman–Crippen LogP) is 2.62. The average molecular weight is 329 g/mol. The van der Waals surface area contributed by atoms with Gasteiger partial charge in [-0.3, -0.25) is 4.79 Å². The van der Waals surface area contributed by atoms with Crippen LogP contribution in [0.2, 0.25) is 0 Å². The van der Waals surface area contributed by atoms with Crippen molar-refractivity contribution in [2.75, 3.05) is 5.32 Å². The molecule has 0 aliphatic rings. The van der Waals surface area contributed by atoms with Crippen LogP contribution in [0.4, 0.5) is 18.9 Å². The lowest BCUT2D eigenvalue weighted by molar-refractivity contribution is -0.159. The number of carbonyl (C=O) groups excluding carboxylic acids is 1. The molecule has 2 heterocycles. The normalized spacial score (nSPS) is 11.4. The number of rotatable bonds is 7. The predicted molar refractivity (Wildman–Crippen MR) is 72.1 cm³/mol. The minimum Gasteiger partial charge on any atom is -0.329 e. The molecule has 2 aromatic heterocycles. The van der Waals surface area contributed by atoms with E-state index in [1.54, 1.807) is 0 Å². The fraction of sp³-hybridized carbons (Fsp3) is 0.462. The Labute approximate surface area is 129 Å². The van der Waals surface area contributed by atoms with Crippen molar-refractivity contribution in [2.45, 2.75) is 38.3 Å². The van der Waals surface area contributed by atoms with Crippen molar-refractivity contribution in [2.24, 2.45) is 0 Å². The molecule has 2 rings (SSSR count). The molecule has 0 aliphatic heterocycles. The summed E-state index contributed by atoms with van der Waals surface area (Å²) in [6.45, 7) is 0. The number of alkyl halides is 3. The molecule has 0 unspecified atom stereocenters. The SMILES string of the molecule is O=C(CCCCCc1noc(C(F)(F)F)n1)Nc1cncnc1. The molecule has 0 fully saturated rings. The first kappa shape index (κ1) is 16.8. The van der Waals surface area contributed by atoms with Crippen molar-refractivity contribution in [3.63, 3.8) is 0 Å². The molecule has 124 valence electrons. The first-order valence-electron chi connectivity index (χ1n) is 6.90. The molecule has 1 N–H and O–H groups in total. The number of nitrogens with one attached hydrogen (secondary N) is 1. The van der Waals surface area contributed by atoms with Gasteiger partial charge in [-0.2, -0.15) is 18.2 Å². The molecule has 0 saturated heterocycles. The third-order valence-electron chi connectivity index (χ3n) is 2.86. The maximum Gasteiger partial charge on any atom is 0.471 e. The van der Waals surface area contributed by atoms with Crippen LogP contribution in [-0.2, 0) is 17.4 Å². The molecule has 0 saturated carbocycles. The van der Waals surface area contributed by atoms with Crippen LogP contribution in [0, 0.1) is 0 Å². The van der Waals surface area contributed by atoms with E-state index in [2.05, 4.69) is 29.9 Å². The largest absolute Gasteiger partial charge is 0.471 e. The zero-order valence-electron chi connectivity index (χ0n) is 12.0. The molecule has 0 atom stereocenters. The van der Waals surface area contributed by atoms with Gasteiger partial charge in [-0.05, 0) is 12.8 Å². The molecule has 0 aliphatic carbocycles. The van der Waals surface area contributed by atoms with Crippen LogP contribution < -0.4 is 5.32 Å². The molecule has 0 spiro atoms. The molecular formula is C13H14F3N5O2. The second-order valence-corrected chi connectivity index (χ2v) is 4.75. The molecule has 1 amide bonds. The summed E-state index contributed by atoms with van der Waals surface area (Å²) >= 11 is 0. The fourth-order valence-corrected chi connectivity index (χ4v) is 1.80. The Morgan fingerprint density at radius 3 is 2.57 bits per heavy atom. The Morgan fingerprint density at radius 1 is 1.17 bits per heavy atom. The highest BCUT2D eigenvalue weighted by molar-refractivity contribution is 5.90. The maximum atomic E-state index is 12.3. The number of unbranched alkanes of at least 4 members (excludes halogenated alkanes) is 2. The van der Waals surface area contributed by atoms with Gasteiger partial charge in [-0.1, -0.05) is 11.6 Å². The van der Waals surface area contributed by atoms with Crippen molar-refractivity contribution in [3.8, 4) is 0 Å². The van der Waals surface area contributed by atoms with Gasteiger partial charge in [-0.25, -0.2) is 9.97 Å². The van der Waals surface area contributed by atoms with Gasteiger partial charge >= 0.3 is 12.1 Å². The highest BCUT2D eigenvalue weighted by Crippen LogP contribution is 2.27. The molecule has 0 radical (unpaired) electrons. The summed E-state index contributed by atoms with van der Waals surface area (Å²) in [5, 5.41) is 5.91. The van der Waals surface area contributed by atoms with Gasteiger partial charge in [0.05, 0.1) is 18.1 Å². The topological polar surface area (TPSA) is 93.8 Å². The number of carbonyl (C=O) groups is 1. The lowest BCUT2D eigenvalue weighted by Gasteiger charge is -2.03. The molecule has 7 nitrogen and oxygen atoms in total. The Hall–Kier alpha value is -2.52. The van der Waals surface area contributed by atoms with E-state index < -0.39 is 12.1 Å². The van der Waals surface area contributed by atoms with Gasteiger partial charge in [0.2, 0.25) is 5.91 Å². The first-order valence-corrected chi connectivity index (χ1v) is 6.90. The third kappa shape index (κ3) is 5.64. The minimum atomic E-state index is -4.62. The van der Waals surface area contributed by atoms with E-state index in [4.69, 9.17) is 0 Å². The van der Waals surface area contributed by atoms with E-state index in [0.29, 0.717) is 31.4 Å². The van der Waals surface area contributed by atoms with E-state index in [1.165, 1.54) is 18.7 Å². The Balaban J connectivity index is 1.62. The van der Waals surface area contributed by atoms with Crippen LogP contribution in [0.15, 0.2) is 23.2 Å². The number of hydrogen-bond acceptors (Lipinski definition) is 6. The van der Waals surface area contributed by atoms with Crippen LogP contribution >= 0.6 is 0 Å². The molecular weight excluding hydrogens is 315 g/mol. The van der Waals surface area contributed by atoms with E-state index in [1.807, 2.05) is 0 Å². The van der Waals surface area contributed by atoms with Crippen LogP contribution in [0.5, 0.6) is 0 Å². The second kappa shape index (κ2) is 7.65. The summed E-state index contributed by atoms with van der Waals surface area (Å²) in [6, 6.07) is 0. The molecule has 0 aromatic carbocycles. The standard InChI is InChI=1S/C13H14F3N5O2/c14-13(15,16)12-20-10(21-23-12)4-2-1-3-5-11(22)19-9-6-17-8-18-7-9/h6-8H,1-5H2,(H,19,22). The van der Waals surface area contributed by atoms with Gasteiger partial charge in [-0.15, -0.1) is 0 Å². The van der Waals surface area contributed by atoms with Crippen LogP contribution in [-0.4, -0.2) is 26.0 Å². The van der Waals surface area contributed by atoms with Crippen LogP contribution in [0.1, 0.15) is 37.4 Å². The number of aromatic nitrogens is 4. The van der Waals surface area contributed by atoms with E-state index in [9.17, 15) is 18.0 Å². The lowest BCUT2D eigenvalue weighted by atomic mass is 10.1. The Bertz CT molecular complexity index is 630. The van der Waals surface area contributed by atoms with Crippen molar-refractivity contribution < 1.29 is 22.5 Å². The molecule has 0 bridgehead atoms. The Kier molecular flexibility index (Phi) is 5.61. The number of anilines is 1. The van der Waals surface area contributed by atoms with Crippen LogP contribution in [0.25, 0.3) is 0 Å². The van der Waals surface area contributed by atoms with Crippen LogP contribution in [0.3, 0.4) is 0 Å². The van der Waals surface area contributed by atoms with E-state index in [0.717, 1.165) is 0 Å². The first-order chi connectivity index (χ1) is 10.9. The maximum absolute atomic E-state index is 12.3. The summed E-state index contributed by atoms with van der Waals surface area (Å²) in [4.78, 5) is 22.4. The van der Waals surface area contributed by atoms with Gasteiger partial charge in [0.15, 0.2) is 5.82 Å². The summed E-state index contributed by atoms with van der Waals surface area (Å²) in [6.07, 6.45) is 2.11. The summed E-state index contributed by atoms with van der Waals surface area (Å²) in [7, 11) is 0. The monoisotopic (exact) mass is 329 g/mol. The lowest BCUT2D eigenvalue weighted by Crippen LogP contribution is -2.11. The van der Waals surface area contributed by atoms with E-state index in [-0.39, 0.29) is 18.2 Å². The fourth-order valence-electron chi connectivity index (χ4n) is 1.80. The number of halogens is 3. The average Bonchev–Trinajstić information content (AvgIpc) is 2.97. The number of amides is 1.